The minimum Gasteiger partial charge on any atom is -0.465 e. The maximum Gasteiger partial charge on any atom is 0.340 e. The van der Waals surface area contributed by atoms with Gasteiger partial charge in [0.2, 0.25) is 0 Å². The van der Waals surface area contributed by atoms with Crippen LogP contribution < -0.4 is 27.4 Å². The number of carbonyl (C=O) groups excluding carboxylic acids is 1. The number of hydrogen-bond donors (Lipinski definition) is 2. The molecule has 0 aliphatic rings. The van der Waals surface area contributed by atoms with Gasteiger partial charge < -0.3 is 15.8 Å². The predicted molar refractivity (Wildman–Crippen MR) is 94.7 cm³/mol. The van der Waals surface area contributed by atoms with E-state index in [1.165, 1.54) is 12.1 Å². The quantitative estimate of drug-likeness (QED) is 0.250. The lowest BCUT2D eigenvalue weighted by molar-refractivity contribution is -0.384. The number of ether oxygens (including phenoxy) is 1. The third-order valence-electron chi connectivity index (χ3n) is 3.36. The van der Waals surface area contributed by atoms with Gasteiger partial charge >= 0.3 is 5.97 Å². The number of halogens is 1. The fourth-order valence-electron chi connectivity index (χ4n) is 2.18. The molecular formula is C14H9B3FN3O4. The molecule has 120 valence electrons. The number of nitro groups is 1. The van der Waals surface area contributed by atoms with Crippen LogP contribution in [0.5, 0.6) is 0 Å². The summed E-state index contributed by atoms with van der Waals surface area (Å²) in [6.45, 7) is 0. The number of benzene rings is 2. The highest BCUT2D eigenvalue weighted by atomic mass is 19.1. The summed E-state index contributed by atoms with van der Waals surface area (Å²) in [5, 5.41) is 13.5. The van der Waals surface area contributed by atoms with E-state index in [0.717, 1.165) is 13.2 Å². The minimum atomic E-state index is -1.22. The highest BCUT2D eigenvalue weighted by molar-refractivity contribution is 6.47. The summed E-state index contributed by atoms with van der Waals surface area (Å²) in [5.74, 6) is -2.23. The van der Waals surface area contributed by atoms with Crippen molar-refractivity contribution >= 4 is 68.6 Å². The Kier molecular flexibility index (Phi) is 5.06. The molecule has 0 fully saturated rings. The van der Waals surface area contributed by atoms with Gasteiger partial charge in [0.15, 0.2) is 5.82 Å². The summed E-state index contributed by atoms with van der Waals surface area (Å²) in [4.78, 5) is 22.0. The minimum absolute atomic E-state index is 0.0616. The third kappa shape index (κ3) is 3.45. The largest absolute Gasteiger partial charge is 0.465 e. The second kappa shape index (κ2) is 6.88. The zero-order valence-electron chi connectivity index (χ0n) is 13.0. The van der Waals surface area contributed by atoms with Crippen molar-refractivity contribution in [1.29, 1.82) is 0 Å². The molecule has 0 atom stereocenters. The predicted octanol–water partition coefficient (Wildman–Crippen LogP) is -0.772. The lowest BCUT2D eigenvalue weighted by atomic mass is 9.78. The van der Waals surface area contributed by atoms with Gasteiger partial charge in [-0.1, -0.05) is 28.5 Å². The van der Waals surface area contributed by atoms with E-state index in [4.69, 9.17) is 29.3 Å². The molecule has 7 nitrogen and oxygen atoms in total. The average molecular weight is 335 g/mol. The SMILES string of the molecule is [B]c1cc([B])c(Nc2c(C(=O)OC)cc([N+](=O)[O-])c(N)c2F)c([B])c1. The summed E-state index contributed by atoms with van der Waals surface area (Å²) in [7, 11) is 18.2. The van der Waals surface area contributed by atoms with E-state index in [2.05, 4.69) is 10.1 Å². The van der Waals surface area contributed by atoms with Crippen molar-refractivity contribution in [2.75, 3.05) is 18.2 Å². The first-order valence-corrected chi connectivity index (χ1v) is 6.73. The molecule has 0 saturated carbocycles. The first-order valence-electron chi connectivity index (χ1n) is 6.73. The molecule has 0 aliphatic carbocycles. The van der Waals surface area contributed by atoms with Crippen molar-refractivity contribution in [3.05, 3.63) is 39.7 Å². The Bertz CT molecular complexity index is 869. The van der Waals surface area contributed by atoms with Gasteiger partial charge in [-0.3, -0.25) is 10.1 Å². The molecule has 0 bridgehead atoms. The Labute approximate surface area is 146 Å². The van der Waals surface area contributed by atoms with Gasteiger partial charge in [-0.25, -0.2) is 9.18 Å². The monoisotopic (exact) mass is 335 g/mol. The van der Waals surface area contributed by atoms with E-state index >= 15 is 0 Å². The van der Waals surface area contributed by atoms with Crippen LogP contribution in [0.4, 0.5) is 27.1 Å². The average Bonchev–Trinajstić information content (AvgIpc) is 2.53. The van der Waals surface area contributed by atoms with E-state index in [1.54, 1.807) is 0 Å². The molecule has 0 spiro atoms. The van der Waals surface area contributed by atoms with Gasteiger partial charge in [0.25, 0.3) is 5.69 Å². The Morgan fingerprint density at radius 1 is 1.24 bits per heavy atom. The van der Waals surface area contributed by atoms with E-state index in [9.17, 15) is 19.3 Å². The van der Waals surface area contributed by atoms with Crippen LogP contribution in [0.1, 0.15) is 10.4 Å². The molecule has 11 heteroatoms. The molecule has 0 unspecified atom stereocenters. The van der Waals surface area contributed by atoms with Crippen molar-refractivity contribution in [2.45, 2.75) is 0 Å². The maximum atomic E-state index is 14.6. The number of methoxy groups -OCH3 is 1. The number of nitrogens with zero attached hydrogens (tertiary/aromatic N) is 1. The number of hydrogen-bond acceptors (Lipinski definition) is 6. The van der Waals surface area contributed by atoms with Crippen molar-refractivity contribution in [3.63, 3.8) is 0 Å². The van der Waals surface area contributed by atoms with Gasteiger partial charge in [-0.15, -0.1) is 0 Å². The highest BCUT2D eigenvalue weighted by Gasteiger charge is 2.27. The van der Waals surface area contributed by atoms with E-state index in [1.807, 2.05) is 0 Å². The van der Waals surface area contributed by atoms with Crippen LogP contribution >= 0.6 is 0 Å². The molecule has 25 heavy (non-hydrogen) atoms. The van der Waals surface area contributed by atoms with Crippen LogP contribution in [-0.4, -0.2) is 41.5 Å². The van der Waals surface area contributed by atoms with Crippen LogP contribution in [0.2, 0.25) is 0 Å². The molecule has 6 radical (unpaired) electrons. The standard InChI is InChI=1S/C14H9B3FN3O4/c1-25-14(22)6-4-9(21(23)24)11(19)10(18)12(6)20-13-7(16)2-5(15)3-8(13)17/h2-4,20H,19H2,1H3. The smallest absolute Gasteiger partial charge is 0.340 e. The molecule has 0 saturated heterocycles. The summed E-state index contributed by atoms with van der Waals surface area (Å²) < 4.78 is 19.1. The number of rotatable bonds is 4. The topological polar surface area (TPSA) is 107 Å². The summed E-state index contributed by atoms with van der Waals surface area (Å²) in [6, 6.07) is 3.53. The highest BCUT2D eigenvalue weighted by Crippen LogP contribution is 2.35. The molecule has 0 heterocycles. The number of anilines is 3. The van der Waals surface area contributed by atoms with Crippen LogP contribution in [0, 0.1) is 15.9 Å². The van der Waals surface area contributed by atoms with Crippen molar-refractivity contribution in [2.24, 2.45) is 0 Å². The molecule has 2 aromatic carbocycles. The van der Waals surface area contributed by atoms with Gasteiger partial charge in [0, 0.05) is 11.8 Å². The van der Waals surface area contributed by atoms with Crippen molar-refractivity contribution < 1.29 is 18.8 Å². The Balaban J connectivity index is 2.71. The number of nitrogens with two attached hydrogens (primary N) is 1. The van der Waals surface area contributed by atoms with Crippen LogP contribution in [0.25, 0.3) is 0 Å². The lowest BCUT2D eigenvalue weighted by Crippen LogP contribution is -2.28. The second-order valence-electron chi connectivity index (χ2n) is 4.99. The summed E-state index contributed by atoms with van der Waals surface area (Å²) in [6.07, 6.45) is 0. The maximum absolute atomic E-state index is 14.6. The zero-order valence-corrected chi connectivity index (χ0v) is 13.0. The molecule has 3 N–H and O–H groups in total. The number of nitrogen functional groups attached to an aromatic ring is 1. The third-order valence-corrected chi connectivity index (χ3v) is 3.36. The van der Waals surface area contributed by atoms with Gasteiger partial charge in [0.05, 0.1) is 23.3 Å². The Hall–Kier alpha value is -2.97. The number of nitrogens with one attached hydrogen (secondary N) is 1. The Morgan fingerprint density at radius 3 is 2.28 bits per heavy atom. The molecule has 2 rings (SSSR count). The molecule has 0 aliphatic heterocycles. The normalized spacial score (nSPS) is 10.3. The van der Waals surface area contributed by atoms with Crippen LogP contribution in [-0.2, 0) is 4.74 Å². The van der Waals surface area contributed by atoms with Crippen molar-refractivity contribution in [3.8, 4) is 0 Å². The Morgan fingerprint density at radius 2 is 1.80 bits per heavy atom. The van der Waals surface area contributed by atoms with Crippen LogP contribution in [0.15, 0.2) is 18.2 Å². The first-order chi connectivity index (χ1) is 11.7. The fraction of sp³-hybridized carbons (Fsp3) is 0.0714. The summed E-state index contributed by atoms with van der Waals surface area (Å²) in [5.41, 5.74) is 3.50. The number of esters is 1. The van der Waals surface area contributed by atoms with Gasteiger partial charge in [-0.05, 0) is 0 Å². The second-order valence-corrected chi connectivity index (χ2v) is 4.99. The van der Waals surface area contributed by atoms with E-state index < -0.39 is 39.3 Å². The van der Waals surface area contributed by atoms with Gasteiger partial charge in [-0.2, -0.15) is 0 Å². The zero-order chi connectivity index (χ0) is 18.9. The van der Waals surface area contributed by atoms with Crippen molar-refractivity contribution in [1.82, 2.24) is 0 Å². The number of nitro benzene ring substituents is 1. The first kappa shape index (κ1) is 18.4. The van der Waals surface area contributed by atoms with E-state index in [-0.39, 0.29) is 22.1 Å². The fourth-order valence-corrected chi connectivity index (χ4v) is 2.18. The van der Waals surface area contributed by atoms with E-state index in [0.29, 0.717) is 0 Å². The molecule has 0 aromatic heterocycles. The molecular weight excluding hydrogens is 326 g/mol. The molecule has 2 aromatic rings. The van der Waals surface area contributed by atoms with Gasteiger partial charge in [0.1, 0.15) is 29.2 Å². The lowest BCUT2D eigenvalue weighted by Gasteiger charge is -2.18. The summed E-state index contributed by atoms with van der Waals surface area (Å²) >= 11 is 0. The van der Waals surface area contributed by atoms with Crippen LogP contribution in [0.3, 0.4) is 0 Å². The molecule has 0 amide bonds. The number of carbonyl (C=O) groups is 1.